The lowest BCUT2D eigenvalue weighted by Gasteiger charge is -2.27. The smallest absolute Gasteiger partial charge is 0.262 e. The molecule has 2 heterocycles. The van der Waals surface area contributed by atoms with Crippen molar-refractivity contribution < 1.29 is 0 Å². The van der Waals surface area contributed by atoms with Crippen LogP contribution in [0.1, 0.15) is 25.7 Å². The first-order valence-corrected chi connectivity index (χ1v) is 8.23. The van der Waals surface area contributed by atoms with Gasteiger partial charge < -0.3 is 0 Å². The molecule has 0 saturated heterocycles. The van der Waals surface area contributed by atoms with Gasteiger partial charge in [-0.1, -0.05) is 28.8 Å². The molecule has 0 spiro atoms. The number of fused-ring (bicyclic) bond motifs is 1. The second-order valence-electron chi connectivity index (χ2n) is 5.16. The molecule has 0 N–H and O–H groups in total. The normalized spacial score (nSPS) is 18.5. The van der Waals surface area contributed by atoms with Gasteiger partial charge in [-0.05, 0) is 29.7 Å². The Morgan fingerprint density at radius 3 is 2.94 bits per heavy atom. The van der Waals surface area contributed by atoms with Gasteiger partial charge in [0.25, 0.3) is 5.56 Å². The molecule has 0 amide bonds. The Balaban J connectivity index is 1.99. The molecule has 1 saturated carbocycles. The number of thiophene rings is 1. The third kappa shape index (κ3) is 2.03. The van der Waals surface area contributed by atoms with Crippen LogP contribution in [-0.2, 0) is 6.54 Å². The molecule has 18 heavy (non-hydrogen) atoms. The topological polar surface area (TPSA) is 34.9 Å². The van der Waals surface area contributed by atoms with Gasteiger partial charge in [-0.3, -0.25) is 9.36 Å². The van der Waals surface area contributed by atoms with Crippen LogP contribution in [0.4, 0.5) is 0 Å². The quantitative estimate of drug-likeness (QED) is 0.810. The molecule has 0 aromatic carbocycles. The molecule has 0 radical (unpaired) electrons. The van der Waals surface area contributed by atoms with Gasteiger partial charge in [-0.25, -0.2) is 4.98 Å². The van der Waals surface area contributed by atoms with Crippen LogP contribution in [0.5, 0.6) is 0 Å². The molecule has 1 aliphatic carbocycles. The minimum absolute atomic E-state index is 0.105. The molecule has 2 aromatic rings. The molecule has 5 heteroatoms. The second kappa shape index (κ2) is 4.78. The SMILES string of the molecule is O=c1c2ccsc2ncn1CC1(CBr)CCCC1. The van der Waals surface area contributed by atoms with Crippen molar-refractivity contribution in [3.05, 3.63) is 28.1 Å². The van der Waals surface area contributed by atoms with Gasteiger partial charge in [0.05, 0.1) is 11.7 Å². The Hall–Kier alpha value is -0.680. The molecule has 1 fully saturated rings. The molecule has 0 atom stereocenters. The van der Waals surface area contributed by atoms with Crippen molar-refractivity contribution in [3.63, 3.8) is 0 Å². The summed E-state index contributed by atoms with van der Waals surface area (Å²) in [6.07, 6.45) is 6.66. The summed E-state index contributed by atoms with van der Waals surface area (Å²) < 4.78 is 1.79. The van der Waals surface area contributed by atoms with Gasteiger partial charge in [0.1, 0.15) is 4.83 Å². The Morgan fingerprint density at radius 2 is 2.22 bits per heavy atom. The van der Waals surface area contributed by atoms with Crippen molar-refractivity contribution in [2.45, 2.75) is 32.2 Å². The summed E-state index contributed by atoms with van der Waals surface area (Å²) in [5.74, 6) is 0. The molecule has 3 nitrogen and oxygen atoms in total. The van der Waals surface area contributed by atoms with E-state index in [1.54, 1.807) is 10.9 Å². The van der Waals surface area contributed by atoms with Crippen molar-refractivity contribution in [3.8, 4) is 0 Å². The van der Waals surface area contributed by atoms with Crippen LogP contribution < -0.4 is 5.56 Å². The standard InChI is InChI=1S/C13H15BrN2OS/c14-7-13(4-1-2-5-13)8-16-9-15-11-10(12(16)17)3-6-18-11/h3,6,9H,1-2,4-5,7-8H2. The number of alkyl halides is 1. The Labute approximate surface area is 118 Å². The third-order valence-corrected chi connectivity index (χ3v) is 5.91. The average Bonchev–Trinajstić information content (AvgIpc) is 3.03. The summed E-state index contributed by atoms with van der Waals surface area (Å²) in [6.45, 7) is 0.788. The van der Waals surface area contributed by atoms with Crippen LogP contribution >= 0.6 is 27.3 Å². The summed E-state index contributed by atoms with van der Waals surface area (Å²) in [6, 6.07) is 1.88. The summed E-state index contributed by atoms with van der Waals surface area (Å²) in [7, 11) is 0. The van der Waals surface area contributed by atoms with Crippen LogP contribution in [0.25, 0.3) is 10.2 Å². The summed E-state index contributed by atoms with van der Waals surface area (Å²) in [5.41, 5.74) is 0.350. The Morgan fingerprint density at radius 1 is 1.44 bits per heavy atom. The van der Waals surface area contributed by atoms with Gasteiger partial charge >= 0.3 is 0 Å². The highest BCUT2D eigenvalue weighted by atomic mass is 79.9. The molecule has 0 bridgehead atoms. The van der Waals surface area contributed by atoms with Crippen molar-refractivity contribution >= 4 is 37.5 Å². The molecular formula is C13H15BrN2OS. The summed E-state index contributed by atoms with van der Waals surface area (Å²) in [4.78, 5) is 17.6. The second-order valence-corrected chi connectivity index (χ2v) is 6.61. The molecule has 96 valence electrons. The molecule has 1 aliphatic rings. The average molecular weight is 327 g/mol. The molecule has 0 aliphatic heterocycles. The minimum atomic E-state index is 0.105. The van der Waals surface area contributed by atoms with Crippen LogP contribution in [0.3, 0.4) is 0 Å². The van der Waals surface area contributed by atoms with Gasteiger partial charge in [0.2, 0.25) is 0 Å². The lowest BCUT2D eigenvalue weighted by Crippen LogP contribution is -2.31. The predicted octanol–water partition coefficient (Wildman–Crippen LogP) is 3.41. The molecular weight excluding hydrogens is 312 g/mol. The van der Waals surface area contributed by atoms with E-state index in [1.165, 1.54) is 37.0 Å². The van der Waals surface area contributed by atoms with Crippen LogP contribution in [0, 0.1) is 5.41 Å². The first-order valence-electron chi connectivity index (χ1n) is 6.23. The number of halogens is 1. The first-order chi connectivity index (χ1) is 8.74. The minimum Gasteiger partial charge on any atom is -0.298 e. The number of hydrogen-bond acceptors (Lipinski definition) is 3. The van der Waals surface area contributed by atoms with Gasteiger partial charge in [0.15, 0.2) is 0 Å². The van der Waals surface area contributed by atoms with Crippen molar-refractivity contribution in [2.75, 3.05) is 5.33 Å². The molecule has 3 rings (SSSR count). The van der Waals surface area contributed by atoms with Crippen molar-refractivity contribution in [1.29, 1.82) is 0 Å². The van der Waals surface area contributed by atoms with Gasteiger partial charge in [-0.15, -0.1) is 11.3 Å². The molecule has 0 unspecified atom stereocenters. The van der Waals surface area contributed by atoms with E-state index in [-0.39, 0.29) is 11.0 Å². The van der Waals surface area contributed by atoms with E-state index in [1.807, 2.05) is 11.4 Å². The fourth-order valence-electron chi connectivity index (χ4n) is 2.83. The first kappa shape index (κ1) is 12.4. The number of rotatable bonds is 3. The number of aromatic nitrogens is 2. The Bertz CT molecular complexity index is 613. The lowest BCUT2D eigenvalue weighted by atomic mass is 9.89. The van der Waals surface area contributed by atoms with E-state index < -0.39 is 0 Å². The predicted molar refractivity (Wildman–Crippen MR) is 78.6 cm³/mol. The van der Waals surface area contributed by atoms with Crippen LogP contribution in [0.2, 0.25) is 0 Å². The maximum Gasteiger partial charge on any atom is 0.262 e. The van der Waals surface area contributed by atoms with E-state index in [4.69, 9.17) is 0 Å². The zero-order valence-electron chi connectivity index (χ0n) is 10.1. The highest BCUT2D eigenvalue weighted by Crippen LogP contribution is 2.40. The Kier molecular flexibility index (Phi) is 3.28. The highest BCUT2D eigenvalue weighted by molar-refractivity contribution is 9.09. The lowest BCUT2D eigenvalue weighted by molar-refractivity contribution is 0.287. The van der Waals surface area contributed by atoms with Crippen LogP contribution in [0.15, 0.2) is 22.6 Å². The van der Waals surface area contributed by atoms with Crippen molar-refractivity contribution in [2.24, 2.45) is 5.41 Å². The largest absolute Gasteiger partial charge is 0.298 e. The van der Waals surface area contributed by atoms with E-state index in [0.29, 0.717) is 0 Å². The summed E-state index contributed by atoms with van der Waals surface area (Å²) in [5, 5.41) is 3.65. The van der Waals surface area contributed by atoms with Gasteiger partial charge in [0, 0.05) is 11.9 Å². The number of hydrogen-bond donors (Lipinski definition) is 0. The maximum atomic E-state index is 12.3. The monoisotopic (exact) mass is 326 g/mol. The highest BCUT2D eigenvalue weighted by Gasteiger charge is 2.33. The number of nitrogens with zero attached hydrogens (tertiary/aromatic N) is 2. The van der Waals surface area contributed by atoms with E-state index in [0.717, 1.165) is 22.1 Å². The fraction of sp³-hybridized carbons (Fsp3) is 0.538. The third-order valence-electron chi connectivity index (χ3n) is 3.90. The van der Waals surface area contributed by atoms with Crippen molar-refractivity contribution in [1.82, 2.24) is 9.55 Å². The van der Waals surface area contributed by atoms with Gasteiger partial charge in [-0.2, -0.15) is 0 Å². The maximum absolute atomic E-state index is 12.3. The molecule has 2 aromatic heterocycles. The van der Waals surface area contributed by atoms with E-state index >= 15 is 0 Å². The zero-order chi connectivity index (χ0) is 12.6. The van der Waals surface area contributed by atoms with E-state index in [2.05, 4.69) is 20.9 Å². The fourth-order valence-corrected chi connectivity index (χ4v) is 4.29. The van der Waals surface area contributed by atoms with Crippen LogP contribution in [-0.4, -0.2) is 14.9 Å². The van der Waals surface area contributed by atoms with E-state index in [9.17, 15) is 4.79 Å². The zero-order valence-corrected chi connectivity index (χ0v) is 12.5. The summed E-state index contributed by atoms with van der Waals surface area (Å²) >= 11 is 5.15.